The molecule has 1 aliphatic heterocycles. The van der Waals surface area contributed by atoms with E-state index >= 15 is 0 Å². The molecule has 0 radical (unpaired) electrons. The number of methoxy groups -OCH3 is 1. The quantitative estimate of drug-likeness (QED) is 0.602. The molecule has 1 aliphatic rings. The molecule has 0 saturated carbocycles. The van der Waals surface area contributed by atoms with Crippen molar-refractivity contribution < 1.29 is 22.7 Å². The highest BCUT2D eigenvalue weighted by Gasteiger charge is 2.34. The summed E-state index contributed by atoms with van der Waals surface area (Å²) < 4.78 is 31.5. The third-order valence-electron chi connectivity index (χ3n) is 4.79. The van der Waals surface area contributed by atoms with E-state index in [1.807, 2.05) is 13.8 Å². The maximum absolute atomic E-state index is 13.0. The molecule has 1 aromatic rings. The zero-order chi connectivity index (χ0) is 20.7. The van der Waals surface area contributed by atoms with Crippen molar-refractivity contribution in [2.45, 2.75) is 38.0 Å². The fourth-order valence-corrected chi connectivity index (χ4v) is 4.74. The van der Waals surface area contributed by atoms with E-state index in [0.717, 1.165) is 0 Å². The standard InChI is InChI=1S/C19H29N3O5S/c1-15(2)14-21(10-8-18(23)27-3)19(24)16-6-11-22(12-7-16)28(25,26)17-5-4-9-20-13-17/h4-5,9,13,15-16H,6-8,10-12,14H2,1-3H3. The number of pyridine rings is 1. The molecule has 1 amide bonds. The zero-order valence-electron chi connectivity index (χ0n) is 16.7. The molecule has 1 aromatic heterocycles. The Balaban J connectivity index is 1.99. The number of sulfonamides is 1. The number of hydrogen-bond donors (Lipinski definition) is 0. The van der Waals surface area contributed by atoms with Gasteiger partial charge in [0.2, 0.25) is 15.9 Å². The molecule has 0 unspecified atom stereocenters. The second-order valence-corrected chi connectivity index (χ2v) is 9.31. The molecule has 2 heterocycles. The van der Waals surface area contributed by atoms with Crippen molar-refractivity contribution in [3.05, 3.63) is 24.5 Å². The topological polar surface area (TPSA) is 96.9 Å². The first-order valence-electron chi connectivity index (χ1n) is 9.51. The molecule has 0 N–H and O–H groups in total. The minimum absolute atomic E-state index is 0.0176. The lowest BCUT2D eigenvalue weighted by atomic mass is 9.96. The number of piperidine rings is 1. The molecule has 156 valence electrons. The van der Waals surface area contributed by atoms with Crippen LogP contribution < -0.4 is 0 Å². The van der Waals surface area contributed by atoms with Crippen molar-refractivity contribution in [3.63, 3.8) is 0 Å². The molecule has 2 rings (SSSR count). The Kier molecular flexibility index (Phi) is 7.94. The minimum Gasteiger partial charge on any atom is -0.469 e. The lowest BCUT2D eigenvalue weighted by molar-refractivity contribution is -0.143. The Morgan fingerprint density at radius 1 is 1.32 bits per heavy atom. The van der Waals surface area contributed by atoms with E-state index < -0.39 is 10.0 Å². The van der Waals surface area contributed by atoms with Gasteiger partial charge in [-0.1, -0.05) is 13.8 Å². The van der Waals surface area contributed by atoms with Crippen LogP contribution in [0.15, 0.2) is 29.4 Å². The van der Waals surface area contributed by atoms with Gasteiger partial charge >= 0.3 is 5.97 Å². The fraction of sp³-hybridized carbons (Fsp3) is 0.632. The van der Waals surface area contributed by atoms with Gasteiger partial charge in [-0.2, -0.15) is 4.31 Å². The van der Waals surface area contributed by atoms with E-state index in [0.29, 0.717) is 39.0 Å². The van der Waals surface area contributed by atoms with Crippen LogP contribution in [-0.2, 0) is 24.3 Å². The Morgan fingerprint density at radius 2 is 2.00 bits per heavy atom. The molecule has 0 aromatic carbocycles. The van der Waals surface area contributed by atoms with Gasteiger partial charge in [0.1, 0.15) is 4.90 Å². The molecule has 8 nitrogen and oxygen atoms in total. The van der Waals surface area contributed by atoms with Crippen LogP contribution in [0.4, 0.5) is 0 Å². The minimum atomic E-state index is -3.59. The maximum atomic E-state index is 13.0. The first-order valence-corrected chi connectivity index (χ1v) is 11.0. The molecule has 1 saturated heterocycles. The number of amides is 1. The van der Waals surface area contributed by atoms with E-state index in [9.17, 15) is 18.0 Å². The van der Waals surface area contributed by atoms with Gasteiger partial charge < -0.3 is 9.64 Å². The Hall–Kier alpha value is -2.00. The first kappa shape index (κ1) is 22.3. The Labute approximate surface area is 166 Å². The predicted molar refractivity (Wildman–Crippen MR) is 104 cm³/mol. The Morgan fingerprint density at radius 3 is 2.54 bits per heavy atom. The van der Waals surface area contributed by atoms with Crippen LogP contribution in [0.25, 0.3) is 0 Å². The third-order valence-corrected chi connectivity index (χ3v) is 6.67. The van der Waals surface area contributed by atoms with Gasteiger partial charge in [0.15, 0.2) is 0 Å². The highest BCUT2D eigenvalue weighted by atomic mass is 32.2. The highest BCUT2D eigenvalue weighted by Crippen LogP contribution is 2.25. The number of carbonyl (C=O) groups is 2. The second kappa shape index (κ2) is 9.97. The lowest BCUT2D eigenvalue weighted by Crippen LogP contribution is -2.45. The number of hydrogen-bond acceptors (Lipinski definition) is 6. The maximum Gasteiger partial charge on any atom is 0.307 e. The van der Waals surface area contributed by atoms with E-state index in [1.54, 1.807) is 11.0 Å². The van der Waals surface area contributed by atoms with Gasteiger partial charge in [-0.15, -0.1) is 0 Å². The summed E-state index contributed by atoms with van der Waals surface area (Å²) in [5.74, 6) is -0.334. The van der Waals surface area contributed by atoms with Gasteiger partial charge in [0, 0.05) is 44.5 Å². The monoisotopic (exact) mass is 411 g/mol. The SMILES string of the molecule is COC(=O)CCN(CC(C)C)C(=O)C1CCN(S(=O)(=O)c2cccnc2)CC1. The summed E-state index contributed by atoms with van der Waals surface area (Å²) in [6.45, 7) is 5.49. The van der Waals surface area contributed by atoms with Gasteiger partial charge in [0.05, 0.1) is 13.5 Å². The second-order valence-electron chi connectivity index (χ2n) is 7.37. The summed E-state index contributed by atoms with van der Waals surface area (Å²) in [5, 5.41) is 0. The number of nitrogens with zero attached hydrogens (tertiary/aromatic N) is 3. The number of rotatable bonds is 8. The van der Waals surface area contributed by atoms with Gasteiger partial charge in [-0.05, 0) is 30.9 Å². The first-order chi connectivity index (χ1) is 13.3. The summed E-state index contributed by atoms with van der Waals surface area (Å²) in [5.41, 5.74) is 0. The van der Waals surface area contributed by atoms with Crippen molar-refractivity contribution in [2.24, 2.45) is 11.8 Å². The van der Waals surface area contributed by atoms with E-state index in [-0.39, 0.29) is 35.0 Å². The van der Waals surface area contributed by atoms with Crippen LogP contribution in [0.2, 0.25) is 0 Å². The molecule has 0 aliphatic carbocycles. The van der Waals surface area contributed by atoms with Crippen LogP contribution >= 0.6 is 0 Å². The van der Waals surface area contributed by atoms with Crippen LogP contribution in [0.5, 0.6) is 0 Å². The summed E-state index contributed by atoms with van der Waals surface area (Å²) in [6, 6.07) is 3.12. The van der Waals surface area contributed by atoms with Crippen LogP contribution in [0.1, 0.15) is 33.1 Å². The summed E-state index contributed by atoms with van der Waals surface area (Å²) >= 11 is 0. The number of carbonyl (C=O) groups excluding carboxylic acids is 2. The Bertz CT molecular complexity index is 759. The molecule has 9 heteroatoms. The van der Waals surface area contributed by atoms with Crippen LogP contribution in [0.3, 0.4) is 0 Å². The molecule has 0 bridgehead atoms. The van der Waals surface area contributed by atoms with Crippen LogP contribution in [-0.4, -0.2) is 67.8 Å². The van der Waals surface area contributed by atoms with Crippen molar-refractivity contribution in [1.82, 2.24) is 14.2 Å². The number of ether oxygens (including phenoxy) is 1. The molecule has 0 atom stereocenters. The third kappa shape index (κ3) is 5.75. The molecule has 1 fully saturated rings. The zero-order valence-corrected chi connectivity index (χ0v) is 17.5. The summed E-state index contributed by atoms with van der Waals surface area (Å²) in [4.78, 5) is 30.2. The van der Waals surface area contributed by atoms with E-state index in [2.05, 4.69) is 9.72 Å². The van der Waals surface area contributed by atoms with E-state index in [4.69, 9.17) is 0 Å². The van der Waals surface area contributed by atoms with Crippen molar-refractivity contribution >= 4 is 21.9 Å². The van der Waals surface area contributed by atoms with Crippen LogP contribution in [0, 0.1) is 11.8 Å². The molecular weight excluding hydrogens is 382 g/mol. The van der Waals surface area contributed by atoms with Crippen molar-refractivity contribution in [3.8, 4) is 0 Å². The van der Waals surface area contributed by atoms with Gasteiger partial charge in [-0.25, -0.2) is 8.42 Å². The fourth-order valence-electron chi connectivity index (χ4n) is 3.31. The van der Waals surface area contributed by atoms with Crippen molar-refractivity contribution in [1.29, 1.82) is 0 Å². The van der Waals surface area contributed by atoms with Gasteiger partial charge in [0.25, 0.3) is 0 Å². The van der Waals surface area contributed by atoms with Gasteiger partial charge in [-0.3, -0.25) is 14.6 Å². The average Bonchev–Trinajstić information content (AvgIpc) is 2.70. The largest absolute Gasteiger partial charge is 0.469 e. The summed E-state index contributed by atoms with van der Waals surface area (Å²) in [7, 11) is -2.26. The van der Waals surface area contributed by atoms with Crippen molar-refractivity contribution in [2.75, 3.05) is 33.3 Å². The average molecular weight is 412 g/mol. The molecular formula is C19H29N3O5S. The lowest BCUT2D eigenvalue weighted by Gasteiger charge is -2.34. The molecule has 0 spiro atoms. The smallest absolute Gasteiger partial charge is 0.307 e. The highest BCUT2D eigenvalue weighted by molar-refractivity contribution is 7.89. The normalized spacial score (nSPS) is 16.1. The van der Waals surface area contributed by atoms with E-state index in [1.165, 1.54) is 29.9 Å². The summed E-state index contributed by atoms with van der Waals surface area (Å²) in [6.07, 6.45) is 3.95. The number of aromatic nitrogens is 1. The predicted octanol–water partition coefficient (Wildman–Crippen LogP) is 1.53. The number of esters is 1. The molecule has 28 heavy (non-hydrogen) atoms.